The number of nitrogens with one attached hydrogen (secondary N) is 2. The van der Waals surface area contributed by atoms with Crippen LogP contribution >= 0.6 is 0 Å². The number of rotatable bonds is 5. The van der Waals surface area contributed by atoms with E-state index in [-0.39, 0.29) is 29.7 Å². The number of aromatic nitrogens is 3. The van der Waals surface area contributed by atoms with Crippen LogP contribution in [-0.2, 0) is 12.1 Å². The van der Waals surface area contributed by atoms with Crippen molar-refractivity contribution in [1.82, 2.24) is 24.6 Å². The van der Waals surface area contributed by atoms with Crippen molar-refractivity contribution in [3.8, 4) is 11.8 Å². The van der Waals surface area contributed by atoms with Crippen molar-refractivity contribution >= 4 is 22.5 Å². The van der Waals surface area contributed by atoms with Crippen LogP contribution in [0, 0.1) is 11.8 Å². The van der Waals surface area contributed by atoms with E-state index in [0.717, 1.165) is 31.6 Å². The number of carbonyl (C=O) groups excluding carboxylic acids is 1. The van der Waals surface area contributed by atoms with Crippen molar-refractivity contribution in [3.63, 3.8) is 0 Å². The summed E-state index contributed by atoms with van der Waals surface area (Å²) in [5.41, 5.74) is 1.66. The Kier molecular flexibility index (Phi) is 7.55. The minimum absolute atomic E-state index is 0.00618. The van der Waals surface area contributed by atoms with E-state index in [0.29, 0.717) is 16.5 Å². The highest BCUT2D eigenvalue weighted by Gasteiger charge is 2.30. The van der Waals surface area contributed by atoms with Gasteiger partial charge >= 0.3 is 6.18 Å². The van der Waals surface area contributed by atoms with Crippen LogP contribution in [-0.4, -0.2) is 64.1 Å². The van der Waals surface area contributed by atoms with E-state index < -0.39 is 12.7 Å². The number of piperidine rings is 1. The van der Waals surface area contributed by atoms with Gasteiger partial charge in [-0.15, -0.1) is 0 Å². The molecule has 1 amide bonds. The summed E-state index contributed by atoms with van der Waals surface area (Å²) in [6.07, 6.45) is 0.673. The van der Waals surface area contributed by atoms with Crippen molar-refractivity contribution < 1.29 is 18.0 Å². The summed E-state index contributed by atoms with van der Waals surface area (Å²) >= 11 is 0. The monoisotopic (exact) mass is 514 g/mol. The third-order valence-electron chi connectivity index (χ3n) is 6.45. The highest BCUT2D eigenvalue weighted by Crippen LogP contribution is 2.31. The molecule has 1 aliphatic rings. The molecule has 3 heterocycles. The molecule has 0 unspecified atom stereocenters. The van der Waals surface area contributed by atoms with Crippen molar-refractivity contribution in [2.45, 2.75) is 57.9 Å². The second-order valence-corrected chi connectivity index (χ2v) is 10.5. The fraction of sp³-hybridized carbons (Fsp3) is 0.481. The van der Waals surface area contributed by atoms with Gasteiger partial charge < -0.3 is 20.1 Å². The lowest BCUT2D eigenvalue weighted by atomic mass is 10.0. The molecule has 1 saturated heterocycles. The highest BCUT2D eigenvalue weighted by atomic mass is 19.4. The number of likely N-dealkylation sites (tertiary alicyclic amines) is 1. The molecule has 0 radical (unpaired) electrons. The lowest BCUT2D eigenvalue weighted by Crippen LogP contribution is -2.36. The molecule has 1 aliphatic heterocycles. The van der Waals surface area contributed by atoms with Crippen LogP contribution in [0.3, 0.4) is 0 Å². The fourth-order valence-electron chi connectivity index (χ4n) is 4.40. The smallest absolute Gasteiger partial charge is 0.382 e. The van der Waals surface area contributed by atoms with Gasteiger partial charge in [-0.25, -0.2) is 0 Å². The molecule has 3 aromatic rings. The molecule has 0 atom stereocenters. The number of anilines is 1. The van der Waals surface area contributed by atoms with Gasteiger partial charge in [0.05, 0.1) is 35.1 Å². The standard InChI is InChI=1S/C27H33F3N6O/c1-26(2,3)36-17-19(16-32-36)25(37)31-12-6-7-21-15-22-23(33-20-10-13-34(4)14-11-20)8-5-9-24(22)35(21)18-27(28,29)30/h5,8-9,15-17,20,33H,10-14,18H2,1-4H3,(H,31,37). The summed E-state index contributed by atoms with van der Waals surface area (Å²) in [6, 6.07) is 7.30. The van der Waals surface area contributed by atoms with E-state index in [4.69, 9.17) is 0 Å². The number of carbonyl (C=O) groups is 1. The summed E-state index contributed by atoms with van der Waals surface area (Å²) in [5.74, 6) is 5.31. The van der Waals surface area contributed by atoms with Crippen molar-refractivity contribution in [2.24, 2.45) is 0 Å². The summed E-state index contributed by atoms with van der Waals surface area (Å²) in [5, 5.41) is 11.1. The van der Waals surface area contributed by atoms with E-state index in [1.807, 2.05) is 26.8 Å². The minimum Gasteiger partial charge on any atom is -0.382 e. The van der Waals surface area contributed by atoms with Crippen molar-refractivity contribution in [1.29, 1.82) is 0 Å². The molecule has 0 saturated carbocycles. The highest BCUT2D eigenvalue weighted by molar-refractivity contribution is 5.94. The molecule has 2 N–H and O–H groups in total. The second-order valence-electron chi connectivity index (χ2n) is 10.5. The predicted octanol–water partition coefficient (Wildman–Crippen LogP) is 4.44. The maximum Gasteiger partial charge on any atom is 0.406 e. The van der Waals surface area contributed by atoms with Crippen LogP contribution in [0.1, 0.15) is 49.7 Å². The van der Waals surface area contributed by atoms with Crippen molar-refractivity contribution in [3.05, 3.63) is 47.9 Å². The Morgan fingerprint density at radius 1 is 1.19 bits per heavy atom. The molecule has 2 aromatic heterocycles. The molecular weight excluding hydrogens is 481 g/mol. The SMILES string of the molecule is CN1CCC(Nc2cccc3c2cc(C#CCNC(=O)c2cnn(C(C)(C)C)c2)n3CC(F)(F)F)CC1. The molecule has 10 heteroatoms. The first-order valence-corrected chi connectivity index (χ1v) is 12.4. The van der Waals surface area contributed by atoms with Gasteiger partial charge in [0.25, 0.3) is 5.91 Å². The van der Waals surface area contributed by atoms with Crippen LogP contribution < -0.4 is 10.6 Å². The van der Waals surface area contributed by atoms with E-state index in [9.17, 15) is 18.0 Å². The Hall–Kier alpha value is -3.45. The molecule has 198 valence electrons. The third kappa shape index (κ3) is 6.66. The van der Waals surface area contributed by atoms with Gasteiger partial charge in [-0.3, -0.25) is 9.48 Å². The Bertz CT molecular complexity index is 1310. The quantitative estimate of drug-likeness (QED) is 0.494. The van der Waals surface area contributed by atoms with Crippen LogP contribution in [0.5, 0.6) is 0 Å². The summed E-state index contributed by atoms with van der Waals surface area (Å²) in [4.78, 5) is 14.7. The number of hydrogen-bond acceptors (Lipinski definition) is 4. The van der Waals surface area contributed by atoms with Gasteiger partial charge in [0, 0.05) is 23.3 Å². The number of nitrogens with zero attached hydrogens (tertiary/aromatic N) is 4. The fourth-order valence-corrected chi connectivity index (χ4v) is 4.40. The maximum atomic E-state index is 13.5. The van der Waals surface area contributed by atoms with Gasteiger partial charge in [-0.1, -0.05) is 12.0 Å². The van der Waals surface area contributed by atoms with E-state index in [1.54, 1.807) is 29.1 Å². The number of alkyl halides is 3. The molecule has 4 rings (SSSR count). The van der Waals surface area contributed by atoms with Gasteiger partial charge in [0.2, 0.25) is 0 Å². The molecule has 37 heavy (non-hydrogen) atoms. The van der Waals surface area contributed by atoms with Gasteiger partial charge in [0.1, 0.15) is 6.54 Å². The number of hydrogen-bond donors (Lipinski definition) is 2. The van der Waals surface area contributed by atoms with Crippen LogP contribution in [0.2, 0.25) is 0 Å². The van der Waals surface area contributed by atoms with Gasteiger partial charge in [-0.2, -0.15) is 18.3 Å². The molecular formula is C27H33F3N6O. The summed E-state index contributed by atoms with van der Waals surface area (Å²) in [6.45, 7) is 6.72. The Morgan fingerprint density at radius 3 is 2.57 bits per heavy atom. The number of halogens is 3. The van der Waals surface area contributed by atoms with E-state index in [2.05, 4.69) is 39.5 Å². The molecule has 1 fully saturated rings. The first kappa shape index (κ1) is 26.6. The first-order chi connectivity index (χ1) is 17.4. The second kappa shape index (κ2) is 10.5. The molecule has 0 aliphatic carbocycles. The summed E-state index contributed by atoms with van der Waals surface area (Å²) < 4.78 is 43.2. The number of fused-ring (bicyclic) bond motifs is 1. The maximum absolute atomic E-state index is 13.5. The topological polar surface area (TPSA) is 67.1 Å². The van der Waals surface area contributed by atoms with Crippen molar-refractivity contribution in [2.75, 3.05) is 32.0 Å². The first-order valence-electron chi connectivity index (χ1n) is 12.4. The zero-order valence-corrected chi connectivity index (χ0v) is 21.6. The van der Waals surface area contributed by atoms with E-state index in [1.165, 1.54) is 10.8 Å². The average Bonchev–Trinajstić information content (AvgIpc) is 3.44. The molecule has 7 nitrogen and oxygen atoms in total. The van der Waals surface area contributed by atoms with E-state index >= 15 is 0 Å². The largest absolute Gasteiger partial charge is 0.406 e. The molecule has 0 spiro atoms. The predicted molar refractivity (Wildman–Crippen MR) is 139 cm³/mol. The zero-order valence-electron chi connectivity index (χ0n) is 21.6. The molecule has 1 aromatic carbocycles. The Balaban J connectivity index is 1.54. The zero-order chi connectivity index (χ0) is 26.8. The third-order valence-corrected chi connectivity index (χ3v) is 6.45. The number of amides is 1. The molecule has 0 bridgehead atoms. The van der Waals surface area contributed by atoms with Crippen LogP contribution in [0.4, 0.5) is 18.9 Å². The average molecular weight is 515 g/mol. The van der Waals surface area contributed by atoms with Gasteiger partial charge in [0.15, 0.2) is 0 Å². The van der Waals surface area contributed by atoms with Gasteiger partial charge in [-0.05, 0) is 77.9 Å². The normalized spacial score (nSPS) is 15.4. The Morgan fingerprint density at radius 2 is 1.92 bits per heavy atom. The minimum atomic E-state index is -4.40. The lowest BCUT2D eigenvalue weighted by molar-refractivity contribution is -0.140. The number of benzene rings is 1. The van der Waals surface area contributed by atoms with Crippen LogP contribution in [0.15, 0.2) is 36.7 Å². The Labute approximate surface area is 215 Å². The summed E-state index contributed by atoms with van der Waals surface area (Å²) in [7, 11) is 2.08. The lowest BCUT2D eigenvalue weighted by Gasteiger charge is -2.30. The van der Waals surface area contributed by atoms with Crippen LogP contribution in [0.25, 0.3) is 10.9 Å².